The first-order chi connectivity index (χ1) is 9.24. The van der Waals surface area contributed by atoms with Crippen LogP contribution >= 0.6 is 0 Å². The monoisotopic (exact) mass is 259 g/mol. The smallest absolute Gasteiger partial charge is 0.161 e. The molecule has 0 spiro atoms. The van der Waals surface area contributed by atoms with Crippen molar-refractivity contribution in [3.8, 4) is 11.5 Å². The van der Waals surface area contributed by atoms with Crippen LogP contribution in [0.5, 0.6) is 11.5 Å². The average molecular weight is 259 g/mol. The molecule has 1 aliphatic heterocycles. The number of ether oxygens (including phenoxy) is 2. The van der Waals surface area contributed by atoms with Gasteiger partial charge in [0.2, 0.25) is 0 Å². The maximum Gasteiger partial charge on any atom is 0.161 e. The minimum atomic E-state index is -0.100. The predicted octanol–water partition coefficient (Wildman–Crippen LogP) is 1.43. The molecule has 0 bridgehead atoms. The number of nitrogens with two attached hydrogens (primary N) is 1. The lowest BCUT2D eigenvalue weighted by molar-refractivity contribution is 0.171. The number of hydrogen-bond acceptors (Lipinski definition) is 4. The molecule has 2 aromatic rings. The van der Waals surface area contributed by atoms with Gasteiger partial charge in [0.15, 0.2) is 11.5 Å². The normalized spacial score (nSPS) is 15.3. The topological polar surface area (TPSA) is 62.3 Å². The minimum Gasteiger partial charge on any atom is -0.486 e. The van der Waals surface area contributed by atoms with Crippen molar-refractivity contribution in [1.82, 2.24) is 9.55 Å². The molecule has 100 valence electrons. The lowest BCUT2D eigenvalue weighted by Crippen LogP contribution is -2.18. The first-order valence-electron chi connectivity index (χ1n) is 6.35. The lowest BCUT2D eigenvalue weighted by Gasteiger charge is -2.20. The maximum absolute atomic E-state index is 6.24. The quantitative estimate of drug-likeness (QED) is 0.906. The fourth-order valence-electron chi connectivity index (χ4n) is 2.20. The number of rotatable bonds is 3. The number of aromatic nitrogens is 2. The van der Waals surface area contributed by atoms with Crippen molar-refractivity contribution in [3.05, 3.63) is 42.0 Å². The SMILES string of the molecule is Cn1ccnc1CC(N)c1ccc2c(c1)OCCO2. The second-order valence-electron chi connectivity index (χ2n) is 4.67. The number of fused-ring (bicyclic) bond motifs is 1. The van der Waals surface area contributed by atoms with Crippen LogP contribution in [-0.2, 0) is 13.5 Å². The van der Waals surface area contributed by atoms with Crippen LogP contribution in [0.4, 0.5) is 0 Å². The fourth-order valence-corrected chi connectivity index (χ4v) is 2.20. The zero-order chi connectivity index (χ0) is 13.2. The molecule has 1 aromatic carbocycles. The van der Waals surface area contributed by atoms with Crippen LogP contribution in [0, 0.1) is 0 Å². The van der Waals surface area contributed by atoms with Gasteiger partial charge in [-0.1, -0.05) is 6.07 Å². The molecular weight excluding hydrogens is 242 g/mol. The molecule has 19 heavy (non-hydrogen) atoms. The predicted molar refractivity (Wildman–Crippen MR) is 71.3 cm³/mol. The molecule has 2 N–H and O–H groups in total. The van der Waals surface area contributed by atoms with Gasteiger partial charge in [0.1, 0.15) is 19.0 Å². The summed E-state index contributed by atoms with van der Waals surface area (Å²) in [6.07, 6.45) is 4.40. The third kappa shape index (κ3) is 2.42. The molecule has 1 atom stereocenters. The number of imidazole rings is 1. The summed E-state index contributed by atoms with van der Waals surface area (Å²) in [7, 11) is 1.97. The van der Waals surface area contributed by atoms with E-state index >= 15 is 0 Å². The van der Waals surface area contributed by atoms with Gasteiger partial charge in [-0.05, 0) is 17.7 Å². The summed E-state index contributed by atoms with van der Waals surface area (Å²) in [6.45, 7) is 1.19. The molecule has 1 unspecified atom stereocenters. The van der Waals surface area contributed by atoms with Crippen molar-refractivity contribution >= 4 is 0 Å². The molecule has 5 heteroatoms. The van der Waals surface area contributed by atoms with Crippen molar-refractivity contribution in [2.75, 3.05) is 13.2 Å². The van der Waals surface area contributed by atoms with Crippen molar-refractivity contribution < 1.29 is 9.47 Å². The van der Waals surface area contributed by atoms with E-state index in [9.17, 15) is 0 Å². The van der Waals surface area contributed by atoms with Crippen LogP contribution in [0.25, 0.3) is 0 Å². The summed E-state index contributed by atoms with van der Waals surface area (Å²) in [5, 5.41) is 0. The van der Waals surface area contributed by atoms with Gasteiger partial charge in [0, 0.05) is 31.9 Å². The summed E-state index contributed by atoms with van der Waals surface area (Å²) in [4.78, 5) is 4.30. The van der Waals surface area contributed by atoms with E-state index in [4.69, 9.17) is 15.2 Å². The van der Waals surface area contributed by atoms with Gasteiger partial charge in [-0.15, -0.1) is 0 Å². The summed E-state index contributed by atoms with van der Waals surface area (Å²) in [5.41, 5.74) is 7.27. The first-order valence-corrected chi connectivity index (χ1v) is 6.35. The lowest BCUT2D eigenvalue weighted by atomic mass is 10.0. The van der Waals surface area contributed by atoms with Crippen LogP contribution < -0.4 is 15.2 Å². The van der Waals surface area contributed by atoms with Gasteiger partial charge in [0.05, 0.1) is 0 Å². The number of hydrogen-bond donors (Lipinski definition) is 1. The number of aryl methyl sites for hydroxylation is 1. The average Bonchev–Trinajstić information content (AvgIpc) is 2.84. The van der Waals surface area contributed by atoms with Crippen molar-refractivity contribution in [1.29, 1.82) is 0 Å². The highest BCUT2D eigenvalue weighted by Gasteiger charge is 2.16. The zero-order valence-corrected chi connectivity index (χ0v) is 10.9. The molecule has 0 amide bonds. The zero-order valence-electron chi connectivity index (χ0n) is 10.9. The molecule has 1 aromatic heterocycles. The highest BCUT2D eigenvalue weighted by Crippen LogP contribution is 2.32. The number of nitrogens with zero attached hydrogens (tertiary/aromatic N) is 2. The Balaban J connectivity index is 1.80. The van der Waals surface area contributed by atoms with E-state index < -0.39 is 0 Å². The summed E-state index contributed by atoms with van der Waals surface area (Å²) < 4.78 is 13.1. The molecule has 0 radical (unpaired) electrons. The highest BCUT2D eigenvalue weighted by molar-refractivity contribution is 5.44. The van der Waals surface area contributed by atoms with E-state index in [1.165, 1.54) is 0 Å². The Hall–Kier alpha value is -2.01. The van der Waals surface area contributed by atoms with Crippen molar-refractivity contribution in [2.24, 2.45) is 12.8 Å². The summed E-state index contributed by atoms with van der Waals surface area (Å²) >= 11 is 0. The Bertz CT molecular complexity index is 580. The molecule has 2 heterocycles. The molecule has 0 saturated carbocycles. The molecular formula is C14H17N3O2. The molecule has 1 aliphatic rings. The molecule has 3 rings (SSSR count). The fraction of sp³-hybridized carbons (Fsp3) is 0.357. The van der Waals surface area contributed by atoms with E-state index in [0.717, 1.165) is 22.9 Å². The maximum atomic E-state index is 6.24. The molecule has 0 aliphatic carbocycles. The second kappa shape index (κ2) is 4.93. The number of benzene rings is 1. The second-order valence-corrected chi connectivity index (χ2v) is 4.67. The van der Waals surface area contributed by atoms with E-state index in [1.807, 2.05) is 36.0 Å². The van der Waals surface area contributed by atoms with Crippen molar-refractivity contribution in [2.45, 2.75) is 12.5 Å². The van der Waals surface area contributed by atoms with E-state index in [1.54, 1.807) is 6.20 Å². The Kier molecular flexibility index (Phi) is 3.13. The molecule has 5 nitrogen and oxygen atoms in total. The van der Waals surface area contributed by atoms with Crippen LogP contribution in [-0.4, -0.2) is 22.8 Å². The van der Waals surface area contributed by atoms with E-state index in [0.29, 0.717) is 19.6 Å². The van der Waals surface area contributed by atoms with Crippen LogP contribution in [0.1, 0.15) is 17.4 Å². The highest BCUT2D eigenvalue weighted by atomic mass is 16.6. The third-order valence-electron chi connectivity index (χ3n) is 3.32. The van der Waals surface area contributed by atoms with E-state index in [2.05, 4.69) is 4.98 Å². The van der Waals surface area contributed by atoms with Gasteiger partial charge in [0.25, 0.3) is 0 Å². The summed E-state index contributed by atoms with van der Waals surface area (Å²) in [6, 6.07) is 5.77. The Morgan fingerprint density at radius 2 is 2.11 bits per heavy atom. The van der Waals surface area contributed by atoms with Gasteiger partial charge < -0.3 is 19.8 Å². The largest absolute Gasteiger partial charge is 0.486 e. The Morgan fingerprint density at radius 3 is 2.84 bits per heavy atom. The van der Waals surface area contributed by atoms with Gasteiger partial charge in [-0.25, -0.2) is 4.98 Å². The molecule has 0 saturated heterocycles. The Morgan fingerprint density at radius 1 is 1.32 bits per heavy atom. The summed E-state index contributed by atoms with van der Waals surface area (Å²) in [5.74, 6) is 2.54. The third-order valence-corrected chi connectivity index (χ3v) is 3.32. The van der Waals surface area contributed by atoms with Crippen LogP contribution in [0.3, 0.4) is 0 Å². The first kappa shape index (κ1) is 12.0. The standard InChI is InChI=1S/C14H17N3O2/c1-17-5-4-16-14(17)9-11(15)10-2-3-12-13(8-10)19-7-6-18-12/h2-5,8,11H,6-7,9,15H2,1H3. The minimum absolute atomic E-state index is 0.100. The molecule has 0 fully saturated rings. The van der Waals surface area contributed by atoms with E-state index in [-0.39, 0.29) is 6.04 Å². The van der Waals surface area contributed by atoms with Gasteiger partial charge in [-0.2, -0.15) is 0 Å². The van der Waals surface area contributed by atoms with Gasteiger partial charge >= 0.3 is 0 Å². The Labute approximate surface area is 112 Å². The van der Waals surface area contributed by atoms with Crippen LogP contribution in [0.2, 0.25) is 0 Å². The van der Waals surface area contributed by atoms with Crippen molar-refractivity contribution in [3.63, 3.8) is 0 Å². The van der Waals surface area contributed by atoms with Crippen LogP contribution in [0.15, 0.2) is 30.6 Å². The van der Waals surface area contributed by atoms with Gasteiger partial charge in [-0.3, -0.25) is 0 Å².